The van der Waals surface area contributed by atoms with Crippen molar-refractivity contribution >= 4 is 22.4 Å². The third-order valence-corrected chi connectivity index (χ3v) is 6.83. The number of nitrogens with one attached hydrogen (secondary N) is 1. The molecular weight excluding hydrogens is 503 g/mol. The van der Waals surface area contributed by atoms with Gasteiger partial charge < -0.3 is 10.1 Å². The summed E-state index contributed by atoms with van der Waals surface area (Å²) in [6, 6.07) is 15.6. The van der Waals surface area contributed by atoms with Gasteiger partial charge >= 0.3 is 6.18 Å². The maximum atomic E-state index is 13.7. The van der Waals surface area contributed by atoms with E-state index in [-0.39, 0.29) is 17.2 Å². The highest BCUT2D eigenvalue weighted by Gasteiger charge is 2.34. The van der Waals surface area contributed by atoms with Crippen LogP contribution in [0.25, 0.3) is 22.2 Å². The molecule has 0 saturated carbocycles. The zero-order chi connectivity index (χ0) is 27.8. The molecule has 1 fully saturated rings. The highest BCUT2D eigenvalue weighted by Crippen LogP contribution is 2.37. The molecule has 1 unspecified atom stereocenters. The lowest BCUT2D eigenvalue weighted by Crippen LogP contribution is -2.40. The molecule has 2 aromatic heterocycles. The highest BCUT2D eigenvalue weighted by molar-refractivity contribution is 5.93. The first-order chi connectivity index (χ1) is 18.5. The van der Waals surface area contributed by atoms with Crippen molar-refractivity contribution in [2.75, 3.05) is 25.0 Å². The lowest BCUT2D eigenvalue weighted by molar-refractivity contribution is -0.137. The van der Waals surface area contributed by atoms with E-state index in [4.69, 9.17) is 14.7 Å². The maximum Gasteiger partial charge on any atom is 0.418 e. The molecule has 39 heavy (non-hydrogen) atoms. The van der Waals surface area contributed by atoms with Gasteiger partial charge in [0.1, 0.15) is 11.6 Å². The first-order valence-corrected chi connectivity index (χ1v) is 13.0. The minimum absolute atomic E-state index is 0.0275. The summed E-state index contributed by atoms with van der Waals surface area (Å²) < 4.78 is 46.8. The third-order valence-electron chi connectivity index (χ3n) is 6.83. The van der Waals surface area contributed by atoms with Crippen LogP contribution in [0.1, 0.15) is 44.6 Å². The van der Waals surface area contributed by atoms with Gasteiger partial charge in [0.2, 0.25) is 0 Å². The molecular formula is C30H32F3N5O. The van der Waals surface area contributed by atoms with Gasteiger partial charge in [-0.2, -0.15) is 13.2 Å². The van der Waals surface area contributed by atoms with E-state index in [9.17, 15) is 13.2 Å². The van der Waals surface area contributed by atoms with Crippen LogP contribution in [-0.4, -0.2) is 45.7 Å². The standard InChI is InChI=1S/C30H32F3N5O/c1-19-17-38(14-15-39-19)18-26-36-25-16-20(27-24(30(31,32)33)6-5-13-34-27)7-12-23(25)28(37-26)35-22-10-8-21(9-11-22)29(2,3)4/h5-13,16,19H,14-15,17-18H2,1-4H3,(H,35,36,37). The first-order valence-electron chi connectivity index (χ1n) is 13.0. The second-order valence-electron chi connectivity index (χ2n) is 11.0. The fourth-order valence-corrected chi connectivity index (χ4v) is 4.78. The Bertz CT molecular complexity index is 1460. The Morgan fingerprint density at radius 2 is 1.79 bits per heavy atom. The summed E-state index contributed by atoms with van der Waals surface area (Å²) in [4.78, 5) is 15.9. The summed E-state index contributed by atoms with van der Waals surface area (Å²) in [5.74, 6) is 1.18. The van der Waals surface area contributed by atoms with Gasteiger partial charge in [-0.05, 0) is 54.3 Å². The number of rotatable bonds is 5. The van der Waals surface area contributed by atoms with Crippen molar-refractivity contribution in [3.05, 3.63) is 77.7 Å². The second-order valence-corrected chi connectivity index (χ2v) is 11.0. The summed E-state index contributed by atoms with van der Waals surface area (Å²) in [5, 5.41) is 4.13. The molecule has 204 valence electrons. The van der Waals surface area contributed by atoms with Crippen LogP contribution in [0.2, 0.25) is 0 Å². The molecule has 1 aliphatic rings. The van der Waals surface area contributed by atoms with Crippen molar-refractivity contribution in [3.63, 3.8) is 0 Å². The molecule has 6 nitrogen and oxygen atoms in total. The van der Waals surface area contributed by atoms with Crippen molar-refractivity contribution in [2.24, 2.45) is 0 Å². The number of morpholine rings is 1. The molecule has 1 saturated heterocycles. The number of ether oxygens (including phenoxy) is 1. The lowest BCUT2D eigenvalue weighted by atomic mass is 9.87. The predicted octanol–water partition coefficient (Wildman–Crippen LogP) is 6.97. The SMILES string of the molecule is CC1CN(Cc2nc(Nc3ccc(C(C)(C)C)cc3)c3ccc(-c4ncccc4C(F)(F)F)cc3n2)CCO1. The zero-order valence-corrected chi connectivity index (χ0v) is 22.5. The molecule has 9 heteroatoms. The van der Waals surface area contributed by atoms with Crippen molar-refractivity contribution in [2.45, 2.75) is 51.9 Å². The molecule has 3 heterocycles. The van der Waals surface area contributed by atoms with E-state index in [0.717, 1.165) is 24.8 Å². The summed E-state index contributed by atoms with van der Waals surface area (Å²) in [7, 11) is 0. The van der Waals surface area contributed by atoms with Crippen molar-refractivity contribution < 1.29 is 17.9 Å². The Balaban J connectivity index is 1.57. The molecule has 2 aromatic carbocycles. The summed E-state index contributed by atoms with van der Waals surface area (Å²) in [6.45, 7) is 11.2. The van der Waals surface area contributed by atoms with Gasteiger partial charge in [-0.1, -0.05) is 39.0 Å². The fourth-order valence-electron chi connectivity index (χ4n) is 4.78. The van der Waals surface area contributed by atoms with Crippen molar-refractivity contribution in [1.29, 1.82) is 0 Å². The highest BCUT2D eigenvalue weighted by atomic mass is 19.4. The Kier molecular flexibility index (Phi) is 7.31. The number of aromatic nitrogens is 3. The smallest absolute Gasteiger partial charge is 0.376 e. The topological polar surface area (TPSA) is 63.2 Å². The molecule has 0 amide bonds. The molecule has 1 atom stereocenters. The molecule has 4 aromatic rings. The van der Waals surface area contributed by atoms with Gasteiger partial charge in [0.25, 0.3) is 0 Å². The molecule has 0 aliphatic carbocycles. The number of fused-ring (bicyclic) bond motifs is 1. The third kappa shape index (κ3) is 6.20. The number of hydrogen-bond acceptors (Lipinski definition) is 6. The molecule has 0 spiro atoms. The van der Waals surface area contributed by atoms with E-state index < -0.39 is 11.7 Å². The Hall–Kier alpha value is -3.56. The largest absolute Gasteiger partial charge is 0.418 e. The quantitative estimate of drug-likeness (QED) is 0.298. The van der Waals surface area contributed by atoms with Crippen LogP contribution in [0, 0.1) is 0 Å². The van der Waals surface area contributed by atoms with Crippen molar-refractivity contribution in [3.8, 4) is 11.3 Å². The lowest BCUT2D eigenvalue weighted by Gasteiger charge is -2.30. The van der Waals surface area contributed by atoms with E-state index in [0.29, 0.717) is 41.3 Å². The monoisotopic (exact) mass is 535 g/mol. The molecule has 5 rings (SSSR count). The molecule has 0 radical (unpaired) electrons. The van der Waals surface area contributed by atoms with Gasteiger partial charge in [-0.15, -0.1) is 0 Å². The normalized spacial score (nSPS) is 16.9. The van der Waals surface area contributed by atoms with E-state index in [1.807, 2.05) is 19.1 Å². The number of benzene rings is 2. The van der Waals surface area contributed by atoms with Gasteiger partial charge in [0, 0.05) is 35.9 Å². The van der Waals surface area contributed by atoms with Crippen LogP contribution < -0.4 is 5.32 Å². The van der Waals surface area contributed by atoms with Crippen LogP contribution in [0.3, 0.4) is 0 Å². The molecule has 1 N–H and O–H groups in total. The Morgan fingerprint density at radius 3 is 2.49 bits per heavy atom. The van der Waals surface area contributed by atoms with Gasteiger partial charge in [-0.25, -0.2) is 9.97 Å². The van der Waals surface area contributed by atoms with E-state index in [1.54, 1.807) is 18.2 Å². The van der Waals surface area contributed by atoms with Crippen LogP contribution in [-0.2, 0) is 22.9 Å². The fraction of sp³-hybridized carbons (Fsp3) is 0.367. The van der Waals surface area contributed by atoms with Crippen LogP contribution in [0.4, 0.5) is 24.7 Å². The molecule has 1 aliphatic heterocycles. The average molecular weight is 536 g/mol. The van der Waals surface area contributed by atoms with E-state index >= 15 is 0 Å². The number of anilines is 2. The second kappa shape index (κ2) is 10.5. The number of nitrogens with zero attached hydrogens (tertiary/aromatic N) is 4. The number of pyridine rings is 1. The van der Waals surface area contributed by atoms with Gasteiger partial charge in [0.15, 0.2) is 0 Å². The maximum absolute atomic E-state index is 13.7. The minimum atomic E-state index is -4.52. The van der Waals surface area contributed by atoms with Crippen molar-refractivity contribution in [1.82, 2.24) is 19.9 Å². The first kappa shape index (κ1) is 27.0. The van der Waals surface area contributed by atoms with Crippen LogP contribution in [0.5, 0.6) is 0 Å². The Labute approximate surface area is 226 Å². The summed E-state index contributed by atoms with van der Waals surface area (Å²) >= 11 is 0. The van der Waals surface area contributed by atoms with Gasteiger partial charge in [0.05, 0.1) is 36.0 Å². The molecule has 0 bridgehead atoms. The zero-order valence-electron chi connectivity index (χ0n) is 22.5. The number of hydrogen-bond donors (Lipinski definition) is 1. The summed E-state index contributed by atoms with van der Waals surface area (Å²) in [5.41, 5.74) is 2.09. The predicted molar refractivity (Wildman–Crippen MR) is 147 cm³/mol. The number of alkyl halides is 3. The number of halogens is 3. The van der Waals surface area contributed by atoms with Crippen LogP contribution in [0.15, 0.2) is 60.8 Å². The van der Waals surface area contributed by atoms with E-state index in [1.165, 1.54) is 17.8 Å². The summed E-state index contributed by atoms with van der Waals surface area (Å²) in [6.07, 6.45) is -3.04. The van der Waals surface area contributed by atoms with Crippen LogP contribution >= 0.6 is 0 Å². The van der Waals surface area contributed by atoms with Gasteiger partial charge in [-0.3, -0.25) is 9.88 Å². The Morgan fingerprint density at radius 1 is 1.03 bits per heavy atom. The minimum Gasteiger partial charge on any atom is -0.376 e. The average Bonchev–Trinajstić information content (AvgIpc) is 2.88. The van der Waals surface area contributed by atoms with E-state index in [2.05, 4.69) is 48.1 Å².